The largest absolute Gasteiger partial charge is 0.454 e. The molecule has 0 aliphatic heterocycles. The molecule has 0 aromatic heterocycles. The second-order valence-corrected chi connectivity index (χ2v) is 4.65. The summed E-state index contributed by atoms with van der Waals surface area (Å²) in [5.74, 6) is 0.563. The molecule has 88 valence electrons. The SMILES string of the molecule is Nc1ccc(Cl)cc1Oc1ccc(F)cc1Br. The lowest BCUT2D eigenvalue weighted by atomic mass is 10.3. The molecule has 5 heteroatoms. The normalized spacial score (nSPS) is 10.3. The molecular weight excluding hydrogens is 308 g/mol. The van der Waals surface area contributed by atoms with E-state index in [0.717, 1.165) is 0 Å². The van der Waals surface area contributed by atoms with Crippen LogP contribution in [0.5, 0.6) is 11.5 Å². The van der Waals surface area contributed by atoms with E-state index in [1.54, 1.807) is 18.2 Å². The topological polar surface area (TPSA) is 35.2 Å². The Bertz CT molecular complexity index is 562. The van der Waals surface area contributed by atoms with Gasteiger partial charge in [0.2, 0.25) is 0 Å². The van der Waals surface area contributed by atoms with Gasteiger partial charge in [0, 0.05) is 11.1 Å². The standard InChI is InChI=1S/C12H8BrClFNO/c13-9-6-8(15)2-4-11(9)17-12-5-7(14)1-3-10(12)16/h1-6H,16H2. The summed E-state index contributed by atoms with van der Waals surface area (Å²) in [6, 6.07) is 9.06. The molecule has 0 aliphatic carbocycles. The van der Waals surface area contributed by atoms with E-state index >= 15 is 0 Å². The molecular formula is C12H8BrClFNO. The molecule has 0 heterocycles. The van der Waals surface area contributed by atoms with Crippen molar-refractivity contribution in [2.24, 2.45) is 0 Å². The van der Waals surface area contributed by atoms with Crippen molar-refractivity contribution in [3.63, 3.8) is 0 Å². The van der Waals surface area contributed by atoms with E-state index in [-0.39, 0.29) is 5.82 Å². The Morgan fingerprint density at radius 2 is 1.88 bits per heavy atom. The minimum atomic E-state index is -0.344. The highest BCUT2D eigenvalue weighted by molar-refractivity contribution is 9.10. The predicted molar refractivity (Wildman–Crippen MR) is 70.0 cm³/mol. The predicted octanol–water partition coefficient (Wildman–Crippen LogP) is 4.62. The van der Waals surface area contributed by atoms with Crippen molar-refractivity contribution in [3.05, 3.63) is 51.7 Å². The maximum atomic E-state index is 12.9. The molecule has 0 fully saturated rings. The maximum Gasteiger partial charge on any atom is 0.151 e. The third-order valence-electron chi connectivity index (χ3n) is 2.09. The Balaban J connectivity index is 2.34. The number of anilines is 1. The Kier molecular flexibility index (Phi) is 3.54. The first-order chi connectivity index (χ1) is 8.06. The van der Waals surface area contributed by atoms with Crippen LogP contribution in [-0.2, 0) is 0 Å². The van der Waals surface area contributed by atoms with Crippen molar-refractivity contribution >= 4 is 33.2 Å². The molecule has 2 N–H and O–H groups in total. The van der Waals surface area contributed by atoms with E-state index in [0.29, 0.717) is 26.7 Å². The fourth-order valence-corrected chi connectivity index (χ4v) is 1.87. The second kappa shape index (κ2) is 4.94. The van der Waals surface area contributed by atoms with Gasteiger partial charge in [-0.15, -0.1) is 0 Å². The van der Waals surface area contributed by atoms with Crippen LogP contribution in [0.15, 0.2) is 40.9 Å². The molecule has 17 heavy (non-hydrogen) atoms. The monoisotopic (exact) mass is 315 g/mol. The van der Waals surface area contributed by atoms with Gasteiger partial charge in [0.15, 0.2) is 5.75 Å². The van der Waals surface area contributed by atoms with Crippen LogP contribution in [0, 0.1) is 5.82 Å². The highest BCUT2D eigenvalue weighted by Crippen LogP contribution is 2.34. The Morgan fingerprint density at radius 3 is 2.59 bits per heavy atom. The van der Waals surface area contributed by atoms with Gasteiger partial charge in [-0.3, -0.25) is 0 Å². The van der Waals surface area contributed by atoms with Crippen LogP contribution in [0.2, 0.25) is 5.02 Å². The maximum absolute atomic E-state index is 12.9. The quantitative estimate of drug-likeness (QED) is 0.821. The molecule has 0 spiro atoms. The number of nitrogens with two attached hydrogens (primary N) is 1. The molecule has 0 saturated heterocycles. The molecule has 0 atom stereocenters. The van der Waals surface area contributed by atoms with Gasteiger partial charge in [-0.1, -0.05) is 11.6 Å². The molecule has 2 aromatic rings. The fraction of sp³-hybridized carbons (Fsp3) is 0. The number of hydrogen-bond acceptors (Lipinski definition) is 2. The van der Waals surface area contributed by atoms with Gasteiger partial charge in [-0.25, -0.2) is 4.39 Å². The van der Waals surface area contributed by atoms with Crippen LogP contribution in [0.25, 0.3) is 0 Å². The Morgan fingerprint density at radius 1 is 1.12 bits per heavy atom. The molecule has 2 aromatic carbocycles. The first-order valence-electron chi connectivity index (χ1n) is 4.74. The van der Waals surface area contributed by atoms with Crippen LogP contribution in [0.1, 0.15) is 0 Å². The van der Waals surface area contributed by atoms with Crippen molar-refractivity contribution in [1.29, 1.82) is 0 Å². The van der Waals surface area contributed by atoms with E-state index < -0.39 is 0 Å². The van der Waals surface area contributed by atoms with Crippen LogP contribution in [0.3, 0.4) is 0 Å². The van der Waals surface area contributed by atoms with Gasteiger partial charge < -0.3 is 10.5 Å². The van der Waals surface area contributed by atoms with Gasteiger partial charge >= 0.3 is 0 Å². The van der Waals surface area contributed by atoms with Crippen LogP contribution in [-0.4, -0.2) is 0 Å². The van der Waals surface area contributed by atoms with E-state index in [1.165, 1.54) is 18.2 Å². The van der Waals surface area contributed by atoms with Crippen molar-refractivity contribution < 1.29 is 9.13 Å². The summed E-state index contributed by atoms with van der Waals surface area (Å²) in [5, 5.41) is 0.521. The Hall–Kier alpha value is -1.26. The molecule has 2 nitrogen and oxygen atoms in total. The molecule has 0 saturated carbocycles. The Labute approximate surface area is 111 Å². The summed E-state index contributed by atoms with van der Waals surface area (Å²) in [4.78, 5) is 0. The summed E-state index contributed by atoms with van der Waals surface area (Å²) >= 11 is 9.05. The van der Waals surface area contributed by atoms with Crippen molar-refractivity contribution in [3.8, 4) is 11.5 Å². The number of ether oxygens (including phenoxy) is 1. The van der Waals surface area contributed by atoms with Gasteiger partial charge in [-0.2, -0.15) is 0 Å². The second-order valence-electron chi connectivity index (χ2n) is 3.36. The minimum Gasteiger partial charge on any atom is -0.454 e. The highest BCUT2D eigenvalue weighted by atomic mass is 79.9. The van der Waals surface area contributed by atoms with Crippen molar-refractivity contribution in [1.82, 2.24) is 0 Å². The van der Waals surface area contributed by atoms with Crippen LogP contribution < -0.4 is 10.5 Å². The van der Waals surface area contributed by atoms with Crippen molar-refractivity contribution in [2.45, 2.75) is 0 Å². The van der Waals surface area contributed by atoms with Crippen LogP contribution in [0.4, 0.5) is 10.1 Å². The lowest BCUT2D eigenvalue weighted by Gasteiger charge is -2.10. The summed E-state index contributed by atoms with van der Waals surface area (Å²) in [6.45, 7) is 0. The molecule has 0 amide bonds. The van der Waals surface area contributed by atoms with E-state index in [4.69, 9.17) is 22.1 Å². The summed E-state index contributed by atoms with van der Waals surface area (Å²) in [5.41, 5.74) is 6.21. The van der Waals surface area contributed by atoms with Gasteiger partial charge in [0.1, 0.15) is 11.6 Å². The van der Waals surface area contributed by atoms with Crippen molar-refractivity contribution in [2.75, 3.05) is 5.73 Å². The zero-order valence-electron chi connectivity index (χ0n) is 8.58. The van der Waals surface area contributed by atoms with E-state index in [1.807, 2.05) is 0 Å². The zero-order chi connectivity index (χ0) is 12.4. The summed E-state index contributed by atoms with van der Waals surface area (Å²) in [7, 11) is 0. The first kappa shape index (κ1) is 12.2. The lowest BCUT2D eigenvalue weighted by molar-refractivity contribution is 0.479. The summed E-state index contributed by atoms with van der Waals surface area (Å²) in [6.07, 6.45) is 0. The van der Waals surface area contributed by atoms with Gasteiger partial charge in [0.25, 0.3) is 0 Å². The number of nitrogen functional groups attached to an aromatic ring is 1. The molecule has 2 rings (SSSR count). The average Bonchev–Trinajstić information content (AvgIpc) is 2.27. The zero-order valence-corrected chi connectivity index (χ0v) is 10.9. The fourth-order valence-electron chi connectivity index (χ4n) is 1.27. The third kappa shape index (κ3) is 2.90. The number of benzene rings is 2. The number of hydrogen-bond donors (Lipinski definition) is 1. The molecule has 0 unspecified atom stereocenters. The number of halogens is 3. The minimum absolute atomic E-state index is 0.344. The number of rotatable bonds is 2. The first-order valence-corrected chi connectivity index (χ1v) is 5.91. The van der Waals surface area contributed by atoms with Crippen LogP contribution >= 0.6 is 27.5 Å². The lowest BCUT2D eigenvalue weighted by Crippen LogP contribution is -1.92. The smallest absolute Gasteiger partial charge is 0.151 e. The average molecular weight is 317 g/mol. The summed E-state index contributed by atoms with van der Waals surface area (Å²) < 4.78 is 19.0. The molecule has 0 aliphatic rings. The van der Waals surface area contributed by atoms with Gasteiger partial charge in [-0.05, 0) is 46.3 Å². The van der Waals surface area contributed by atoms with Gasteiger partial charge in [0.05, 0.1) is 10.2 Å². The van der Waals surface area contributed by atoms with E-state index in [9.17, 15) is 4.39 Å². The molecule has 0 radical (unpaired) electrons. The van der Waals surface area contributed by atoms with E-state index in [2.05, 4.69) is 15.9 Å². The highest BCUT2D eigenvalue weighted by Gasteiger charge is 2.07. The third-order valence-corrected chi connectivity index (χ3v) is 2.94. The molecule has 0 bridgehead atoms.